The Morgan fingerprint density at radius 1 is 1.44 bits per heavy atom. The lowest BCUT2D eigenvalue weighted by Crippen LogP contribution is -2.27. The first-order valence-corrected chi connectivity index (χ1v) is 7.75. The zero-order chi connectivity index (χ0) is 13.3. The molecule has 0 amide bonds. The van der Waals surface area contributed by atoms with E-state index in [2.05, 4.69) is 10.0 Å². The Morgan fingerprint density at radius 2 is 2.11 bits per heavy atom. The van der Waals surface area contributed by atoms with Crippen LogP contribution < -0.4 is 10.0 Å². The second kappa shape index (κ2) is 5.17. The van der Waals surface area contributed by atoms with E-state index in [9.17, 15) is 8.42 Å². The minimum absolute atomic E-state index is 0.0819. The van der Waals surface area contributed by atoms with Crippen molar-refractivity contribution in [1.29, 1.82) is 0 Å². The number of benzene rings is 1. The van der Waals surface area contributed by atoms with Crippen molar-refractivity contribution in [3.05, 3.63) is 28.8 Å². The van der Waals surface area contributed by atoms with Crippen molar-refractivity contribution in [2.45, 2.75) is 30.8 Å². The van der Waals surface area contributed by atoms with Gasteiger partial charge in [0, 0.05) is 17.6 Å². The number of hydrogen-bond acceptors (Lipinski definition) is 3. The van der Waals surface area contributed by atoms with Crippen molar-refractivity contribution < 1.29 is 8.42 Å². The minimum Gasteiger partial charge on any atom is -0.316 e. The van der Waals surface area contributed by atoms with Gasteiger partial charge in [0.25, 0.3) is 0 Å². The van der Waals surface area contributed by atoms with Crippen molar-refractivity contribution >= 4 is 21.6 Å². The van der Waals surface area contributed by atoms with Gasteiger partial charge in [-0.25, -0.2) is 13.1 Å². The van der Waals surface area contributed by atoms with Gasteiger partial charge < -0.3 is 5.32 Å². The molecule has 1 fully saturated rings. The highest BCUT2D eigenvalue weighted by molar-refractivity contribution is 7.89. The van der Waals surface area contributed by atoms with Gasteiger partial charge in [0.1, 0.15) is 0 Å². The highest BCUT2D eigenvalue weighted by atomic mass is 35.5. The van der Waals surface area contributed by atoms with Crippen molar-refractivity contribution in [2.24, 2.45) is 5.92 Å². The fourth-order valence-electron chi connectivity index (χ4n) is 1.80. The van der Waals surface area contributed by atoms with Crippen LogP contribution in [0.2, 0.25) is 5.02 Å². The summed E-state index contributed by atoms with van der Waals surface area (Å²) >= 11 is 6.01. The summed E-state index contributed by atoms with van der Waals surface area (Å²) in [6, 6.07) is 4.86. The summed E-state index contributed by atoms with van der Waals surface area (Å²) < 4.78 is 26.9. The van der Waals surface area contributed by atoms with Crippen molar-refractivity contribution in [2.75, 3.05) is 7.05 Å². The maximum Gasteiger partial charge on any atom is 0.240 e. The highest BCUT2D eigenvalue weighted by Gasteiger charge is 2.36. The van der Waals surface area contributed by atoms with Crippen LogP contribution in [-0.4, -0.2) is 21.5 Å². The Bertz CT molecular complexity index is 545. The molecule has 1 aliphatic carbocycles. The van der Waals surface area contributed by atoms with Gasteiger partial charge in [0.2, 0.25) is 10.0 Å². The van der Waals surface area contributed by atoms with Crippen LogP contribution in [0.1, 0.15) is 18.9 Å². The summed E-state index contributed by atoms with van der Waals surface area (Å²) in [6.45, 7) is 2.57. The van der Waals surface area contributed by atoms with E-state index in [0.717, 1.165) is 12.0 Å². The van der Waals surface area contributed by atoms with Crippen molar-refractivity contribution in [3.63, 3.8) is 0 Å². The van der Waals surface area contributed by atoms with Crippen LogP contribution in [0.15, 0.2) is 23.1 Å². The molecule has 1 aromatic rings. The van der Waals surface area contributed by atoms with Crippen LogP contribution in [0.5, 0.6) is 0 Å². The third-order valence-corrected chi connectivity index (χ3v) is 4.97. The molecule has 2 unspecified atom stereocenters. The van der Waals surface area contributed by atoms with Crippen molar-refractivity contribution in [3.8, 4) is 0 Å². The first-order chi connectivity index (χ1) is 8.44. The SMILES string of the molecule is CNCc1cc(S(=O)(=O)NC2CC2C)ccc1Cl. The quantitative estimate of drug-likeness (QED) is 0.868. The van der Waals surface area contributed by atoms with E-state index in [1.54, 1.807) is 19.2 Å². The van der Waals surface area contributed by atoms with E-state index in [1.807, 2.05) is 6.92 Å². The monoisotopic (exact) mass is 288 g/mol. The zero-order valence-electron chi connectivity index (χ0n) is 10.4. The zero-order valence-corrected chi connectivity index (χ0v) is 12.0. The molecule has 0 aromatic heterocycles. The molecular weight excluding hydrogens is 272 g/mol. The Kier molecular flexibility index (Phi) is 3.96. The average molecular weight is 289 g/mol. The van der Waals surface area contributed by atoms with Crippen LogP contribution in [-0.2, 0) is 16.6 Å². The molecule has 6 heteroatoms. The summed E-state index contributed by atoms with van der Waals surface area (Å²) in [5, 5.41) is 3.54. The molecule has 2 rings (SSSR count). The smallest absolute Gasteiger partial charge is 0.240 e. The van der Waals surface area contributed by atoms with Crippen LogP contribution >= 0.6 is 11.6 Å². The predicted molar refractivity (Wildman–Crippen MR) is 72.1 cm³/mol. The van der Waals surface area contributed by atoms with Crippen LogP contribution in [0.25, 0.3) is 0 Å². The third-order valence-electron chi connectivity index (χ3n) is 3.11. The Hall–Kier alpha value is -0.620. The lowest BCUT2D eigenvalue weighted by atomic mass is 10.2. The summed E-state index contributed by atoms with van der Waals surface area (Å²) in [7, 11) is -1.63. The van der Waals surface area contributed by atoms with Gasteiger partial charge in [0.15, 0.2) is 0 Å². The van der Waals surface area contributed by atoms with Crippen LogP contribution in [0, 0.1) is 5.92 Å². The minimum atomic E-state index is -3.42. The predicted octanol–water partition coefficient (Wildman–Crippen LogP) is 1.75. The first kappa shape index (κ1) is 13.8. The fraction of sp³-hybridized carbons (Fsp3) is 0.500. The molecule has 0 saturated heterocycles. The molecular formula is C12H17ClN2O2S. The molecule has 4 nitrogen and oxygen atoms in total. The average Bonchev–Trinajstić information content (AvgIpc) is 2.96. The Labute approximate surface area is 113 Å². The number of sulfonamides is 1. The lowest BCUT2D eigenvalue weighted by molar-refractivity contribution is 0.578. The Balaban J connectivity index is 2.24. The van der Waals surface area contributed by atoms with Gasteiger partial charge in [-0.15, -0.1) is 0 Å². The molecule has 0 heterocycles. The third kappa shape index (κ3) is 3.03. The second-order valence-electron chi connectivity index (χ2n) is 4.72. The number of rotatable bonds is 5. The second-order valence-corrected chi connectivity index (χ2v) is 6.85. The van der Waals surface area contributed by atoms with Gasteiger partial charge in [-0.05, 0) is 43.1 Å². The summed E-state index contributed by atoms with van der Waals surface area (Å²) in [6.07, 6.45) is 0.913. The van der Waals surface area contributed by atoms with Crippen LogP contribution in [0.4, 0.5) is 0 Å². The van der Waals surface area contributed by atoms with Gasteiger partial charge in [-0.1, -0.05) is 18.5 Å². The van der Waals surface area contributed by atoms with E-state index in [0.29, 0.717) is 17.5 Å². The fourth-order valence-corrected chi connectivity index (χ4v) is 3.39. The number of hydrogen-bond donors (Lipinski definition) is 2. The summed E-state index contributed by atoms with van der Waals surface area (Å²) in [4.78, 5) is 0.274. The Morgan fingerprint density at radius 3 is 2.67 bits per heavy atom. The van der Waals surface area contributed by atoms with Crippen LogP contribution in [0.3, 0.4) is 0 Å². The molecule has 1 aromatic carbocycles. The molecule has 0 bridgehead atoms. The van der Waals surface area contributed by atoms with Gasteiger partial charge in [-0.3, -0.25) is 0 Å². The van der Waals surface area contributed by atoms with Gasteiger partial charge >= 0.3 is 0 Å². The van der Waals surface area contributed by atoms with E-state index in [1.165, 1.54) is 6.07 Å². The molecule has 0 radical (unpaired) electrons. The molecule has 0 aliphatic heterocycles. The molecule has 0 spiro atoms. The van der Waals surface area contributed by atoms with E-state index >= 15 is 0 Å². The number of nitrogens with one attached hydrogen (secondary N) is 2. The molecule has 2 atom stereocenters. The topological polar surface area (TPSA) is 58.2 Å². The molecule has 1 saturated carbocycles. The maximum atomic E-state index is 12.1. The van der Waals surface area contributed by atoms with E-state index < -0.39 is 10.0 Å². The first-order valence-electron chi connectivity index (χ1n) is 5.89. The van der Waals surface area contributed by atoms with Gasteiger partial charge in [0.05, 0.1) is 4.90 Å². The largest absolute Gasteiger partial charge is 0.316 e. The number of halogens is 1. The van der Waals surface area contributed by atoms with Crippen molar-refractivity contribution in [1.82, 2.24) is 10.0 Å². The summed E-state index contributed by atoms with van der Waals surface area (Å²) in [5.74, 6) is 0.434. The molecule has 1 aliphatic rings. The van der Waals surface area contributed by atoms with E-state index in [-0.39, 0.29) is 10.9 Å². The normalized spacial score (nSPS) is 23.1. The van der Waals surface area contributed by atoms with E-state index in [4.69, 9.17) is 11.6 Å². The standard InChI is InChI=1S/C12H17ClN2O2S/c1-8-5-12(8)15-18(16,17)10-3-4-11(13)9(6-10)7-14-2/h3-4,6,8,12,14-15H,5,7H2,1-2H3. The lowest BCUT2D eigenvalue weighted by Gasteiger charge is -2.09. The molecule has 18 heavy (non-hydrogen) atoms. The van der Waals surface area contributed by atoms with Gasteiger partial charge in [-0.2, -0.15) is 0 Å². The molecule has 2 N–H and O–H groups in total. The maximum absolute atomic E-state index is 12.1. The summed E-state index contributed by atoms with van der Waals surface area (Å²) in [5.41, 5.74) is 0.783. The highest BCUT2D eigenvalue weighted by Crippen LogP contribution is 2.31. The molecule has 100 valence electrons.